The van der Waals surface area contributed by atoms with Crippen LogP contribution >= 0.6 is 0 Å². The van der Waals surface area contributed by atoms with Gasteiger partial charge in [0.15, 0.2) is 0 Å². The van der Waals surface area contributed by atoms with E-state index in [0.717, 1.165) is 19.0 Å². The molecule has 3 rings (SSSR count). The predicted molar refractivity (Wildman–Crippen MR) is 99.1 cm³/mol. The number of rotatable bonds is 6. The highest BCUT2D eigenvalue weighted by atomic mass is 16.2. The zero-order valence-electron chi connectivity index (χ0n) is 15.1. The molecular formula is C21H32N2O. The Morgan fingerprint density at radius 1 is 1.08 bits per heavy atom. The minimum atomic E-state index is 0.236. The third-order valence-corrected chi connectivity index (χ3v) is 5.76. The van der Waals surface area contributed by atoms with Crippen LogP contribution in [-0.4, -0.2) is 36.5 Å². The summed E-state index contributed by atoms with van der Waals surface area (Å²) in [5, 5.41) is 3.21. The lowest BCUT2D eigenvalue weighted by Gasteiger charge is -2.31. The third-order valence-electron chi connectivity index (χ3n) is 5.76. The molecule has 0 radical (unpaired) electrons. The number of carbonyl (C=O) groups excluding carboxylic acids is 1. The van der Waals surface area contributed by atoms with E-state index in [-0.39, 0.29) is 5.91 Å². The van der Waals surface area contributed by atoms with Crippen LogP contribution < -0.4 is 5.32 Å². The molecule has 1 amide bonds. The average molecular weight is 329 g/mol. The number of hydrogen-bond donors (Lipinski definition) is 1. The highest BCUT2D eigenvalue weighted by molar-refractivity contribution is 5.78. The first-order valence-corrected chi connectivity index (χ1v) is 9.76. The second-order valence-electron chi connectivity index (χ2n) is 7.79. The van der Waals surface area contributed by atoms with Gasteiger partial charge in [-0.05, 0) is 70.0 Å². The largest absolute Gasteiger partial charge is 0.352 e. The van der Waals surface area contributed by atoms with Crippen molar-refractivity contribution < 1.29 is 4.79 Å². The van der Waals surface area contributed by atoms with Gasteiger partial charge in [-0.1, -0.05) is 42.7 Å². The smallest absolute Gasteiger partial charge is 0.234 e. The van der Waals surface area contributed by atoms with Crippen LogP contribution in [0.15, 0.2) is 24.3 Å². The van der Waals surface area contributed by atoms with Gasteiger partial charge in [-0.25, -0.2) is 0 Å². The number of nitrogens with one attached hydrogen (secondary N) is 1. The zero-order valence-corrected chi connectivity index (χ0v) is 15.1. The van der Waals surface area contributed by atoms with Crippen LogP contribution in [0.25, 0.3) is 0 Å². The Balaban J connectivity index is 1.33. The van der Waals surface area contributed by atoms with Gasteiger partial charge in [0.25, 0.3) is 0 Å². The molecule has 0 aromatic heterocycles. The van der Waals surface area contributed by atoms with Crippen molar-refractivity contribution in [2.45, 2.75) is 64.3 Å². The fourth-order valence-corrected chi connectivity index (χ4v) is 4.11. The van der Waals surface area contributed by atoms with E-state index in [1.807, 2.05) is 0 Å². The van der Waals surface area contributed by atoms with Crippen molar-refractivity contribution in [3.05, 3.63) is 35.4 Å². The van der Waals surface area contributed by atoms with E-state index in [1.54, 1.807) is 0 Å². The minimum Gasteiger partial charge on any atom is -0.352 e. The quantitative estimate of drug-likeness (QED) is 0.863. The van der Waals surface area contributed by atoms with Crippen molar-refractivity contribution in [3.8, 4) is 0 Å². The number of amides is 1. The summed E-state index contributed by atoms with van der Waals surface area (Å²) in [6.07, 6.45) is 9.84. The van der Waals surface area contributed by atoms with E-state index in [4.69, 9.17) is 0 Å². The molecule has 132 valence electrons. The Labute approximate surface area is 146 Å². The molecule has 0 bridgehead atoms. The maximum atomic E-state index is 12.1. The number of likely N-dealkylation sites (tertiary alicyclic amines) is 1. The maximum Gasteiger partial charge on any atom is 0.234 e. The number of hydrogen-bond acceptors (Lipinski definition) is 2. The summed E-state index contributed by atoms with van der Waals surface area (Å²) >= 11 is 0. The normalized spacial score (nSPS) is 20.4. The average Bonchev–Trinajstić information content (AvgIpc) is 3.08. The monoisotopic (exact) mass is 328 g/mol. The number of aryl methyl sites for hydroxylation is 2. The molecule has 1 aromatic rings. The minimum absolute atomic E-state index is 0.236. The van der Waals surface area contributed by atoms with Crippen molar-refractivity contribution in [1.29, 1.82) is 0 Å². The number of piperidine rings is 1. The van der Waals surface area contributed by atoms with Crippen molar-refractivity contribution in [1.82, 2.24) is 10.2 Å². The summed E-state index contributed by atoms with van der Waals surface area (Å²) in [7, 11) is 0. The fraction of sp³-hybridized carbons (Fsp3) is 0.667. The van der Waals surface area contributed by atoms with Crippen LogP contribution in [0.1, 0.15) is 56.1 Å². The predicted octanol–water partition coefficient (Wildman–Crippen LogP) is 3.70. The lowest BCUT2D eigenvalue weighted by Crippen LogP contribution is -2.44. The van der Waals surface area contributed by atoms with Crippen LogP contribution in [-0.2, 0) is 11.2 Å². The Bertz CT molecular complexity index is 511. The van der Waals surface area contributed by atoms with Crippen molar-refractivity contribution in [2.24, 2.45) is 5.92 Å². The van der Waals surface area contributed by atoms with Gasteiger partial charge < -0.3 is 5.32 Å². The van der Waals surface area contributed by atoms with E-state index >= 15 is 0 Å². The van der Waals surface area contributed by atoms with Gasteiger partial charge in [0.2, 0.25) is 5.91 Å². The van der Waals surface area contributed by atoms with Crippen LogP contribution in [0.5, 0.6) is 0 Å². The summed E-state index contributed by atoms with van der Waals surface area (Å²) < 4.78 is 0. The lowest BCUT2D eigenvalue weighted by molar-refractivity contribution is -0.123. The Morgan fingerprint density at radius 3 is 2.42 bits per heavy atom. The maximum absolute atomic E-state index is 12.1. The van der Waals surface area contributed by atoms with Crippen LogP contribution in [0.4, 0.5) is 0 Å². The molecule has 1 N–H and O–H groups in total. The van der Waals surface area contributed by atoms with Gasteiger partial charge >= 0.3 is 0 Å². The third kappa shape index (κ3) is 5.34. The molecular weight excluding hydrogens is 296 g/mol. The van der Waals surface area contributed by atoms with Crippen molar-refractivity contribution >= 4 is 5.91 Å². The number of nitrogens with zero attached hydrogens (tertiary/aromatic N) is 1. The molecule has 2 fully saturated rings. The molecule has 3 nitrogen and oxygen atoms in total. The summed E-state index contributed by atoms with van der Waals surface area (Å²) in [6.45, 7) is 4.90. The van der Waals surface area contributed by atoms with E-state index in [2.05, 4.69) is 41.4 Å². The second kappa shape index (κ2) is 8.66. The van der Waals surface area contributed by atoms with Gasteiger partial charge in [0.1, 0.15) is 0 Å². The van der Waals surface area contributed by atoms with Crippen LogP contribution in [0.2, 0.25) is 0 Å². The first kappa shape index (κ1) is 17.5. The van der Waals surface area contributed by atoms with Gasteiger partial charge in [-0.15, -0.1) is 0 Å². The van der Waals surface area contributed by atoms with E-state index in [0.29, 0.717) is 12.6 Å². The fourth-order valence-electron chi connectivity index (χ4n) is 4.11. The summed E-state index contributed by atoms with van der Waals surface area (Å²) in [5.41, 5.74) is 2.79. The first-order valence-electron chi connectivity index (χ1n) is 9.76. The Hall–Kier alpha value is -1.35. The molecule has 1 heterocycles. The molecule has 0 spiro atoms. The summed E-state index contributed by atoms with van der Waals surface area (Å²) in [6, 6.07) is 9.39. The van der Waals surface area contributed by atoms with E-state index < -0.39 is 0 Å². The number of benzene rings is 1. The molecule has 1 saturated carbocycles. The zero-order chi connectivity index (χ0) is 16.8. The summed E-state index contributed by atoms with van der Waals surface area (Å²) in [5.74, 6) is 1.06. The molecule has 0 unspecified atom stereocenters. The first-order chi connectivity index (χ1) is 11.7. The Kier molecular flexibility index (Phi) is 6.30. The molecule has 1 saturated heterocycles. The van der Waals surface area contributed by atoms with Gasteiger partial charge in [-0.2, -0.15) is 0 Å². The van der Waals surface area contributed by atoms with Crippen molar-refractivity contribution in [2.75, 3.05) is 19.6 Å². The summed E-state index contributed by atoms with van der Waals surface area (Å²) in [4.78, 5) is 14.5. The molecule has 3 heteroatoms. The standard InChI is InChI=1S/C21H32N2O/c1-17-6-8-18(9-7-17)10-11-19-12-14-23(15-13-19)16-21(24)22-20-4-2-3-5-20/h6-9,19-20H,2-5,10-16H2,1H3,(H,22,24). The number of carbonyl (C=O) groups is 1. The second-order valence-corrected chi connectivity index (χ2v) is 7.79. The molecule has 24 heavy (non-hydrogen) atoms. The van der Waals surface area contributed by atoms with Crippen molar-refractivity contribution in [3.63, 3.8) is 0 Å². The molecule has 1 aliphatic heterocycles. The highest BCUT2D eigenvalue weighted by Gasteiger charge is 2.22. The van der Waals surface area contributed by atoms with Crippen LogP contribution in [0, 0.1) is 12.8 Å². The molecule has 0 atom stereocenters. The molecule has 2 aliphatic rings. The van der Waals surface area contributed by atoms with E-state index in [9.17, 15) is 4.79 Å². The Morgan fingerprint density at radius 2 is 1.75 bits per heavy atom. The van der Waals surface area contributed by atoms with Gasteiger partial charge in [0.05, 0.1) is 6.54 Å². The van der Waals surface area contributed by atoms with E-state index in [1.165, 1.54) is 62.5 Å². The molecule has 1 aromatic carbocycles. The van der Waals surface area contributed by atoms with Gasteiger partial charge in [0, 0.05) is 6.04 Å². The van der Waals surface area contributed by atoms with Crippen LogP contribution in [0.3, 0.4) is 0 Å². The topological polar surface area (TPSA) is 32.3 Å². The SMILES string of the molecule is Cc1ccc(CCC2CCN(CC(=O)NC3CCCC3)CC2)cc1. The van der Waals surface area contributed by atoms with Gasteiger partial charge in [-0.3, -0.25) is 9.69 Å². The lowest BCUT2D eigenvalue weighted by atomic mass is 9.90. The molecule has 1 aliphatic carbocycles. The highest BCUT2D eigenvalue weighted by Crippen LogP contribution is 2.23.